The standard InChI is InChI=1S/C22H16O4S2/c1-2-25-22(24)18-17(19(23)15-10-6-12-27-15)21(16-11-7-13-28-16)26-20(18)14-8-4-3-5-9-14/h3-13H,2H2,1H3. The third-order valence-corrected chi connectivity index (χ3v) is 5.88. The van der Waals surface area contributed by atoms with Gasteiger partial charge >= 0.3 is 5.97 Å². The predicted octanol–water partition coefficient (Wildman–Crippen LogP) is 6.14. The molecule has 28 heavy (non-hydrogen) atoms. The normalized spacial score (nSPS) is 10.8. The van der Waals surface area contributed by atoms with Gasteiger partial charge in [-0.05, 0) is 29.8 Å². The molecular weight excluding hydrogens is 392 g/mol. The lowest BCUT2D eigenvalue weighted by molar-refractivity contribution is 0.0524. The Hall–Kier alpha value is -2.96. The van der Waals surface area contributed by atoms with Gasteiger partial charge in [-0.25, -0.2) is 4.79 Å². The van der Waals surface area contributed by atoms with Crippen LogP contribution in [0.5, 0.6) is 0 Å². The molecule has 0 saturated heterocycles. The minimum Gasteiger partial charge on any atom is -0.462 e. The second kappa shape index (κ2) is 7.96. The second-order valence-corrected chi connectivity index (χ2v) is 7.78. The smallest absolute Gasteiger partial charge is 0.342 e. The third-order valence-electron chi connectivity index (χ3n) is 4.14. The van der Waals surface area contributed by atoms with Crippen molar-refractivity contribution in [3.8, 4) is 22.0 Å². The van der Waals surface area contributed by atoms with Crippen molar-refractivity contribution in [1.82, 2.24) is 0 Å². The van der Waals surface area contributed by atoms with Gasteiger partial charge in [0.2, 0.25) is 5.78 Å². The molecule has 0 fully saturated rings. The first kappa shape index (κ1) is 18.4. The maximum atomic E-state index is 13.3. The van der Waals surface area contributed by atoms with E-state index in [1.807, 2.05) is 59.3 Å². The van der Waals surface area contributed by atoms with Crippen molar-refractivity contribution in [2.24, 2.45) is 0 Å². The maximum Gasteiger partial charge on any atom is 0.342 e. The molecule has 0 amide bonds. The number of rotatable bonds is 6. The van der Waals surface area contributed by atoms with Gasteiger partial charge in [0.15, 0.2) is 5.76 Å². The van der Waals surface area contributed by atoms with E-state index < -0.39 is 5.97 Å². The van der Waals surface area contributed by atoms with E-state index in [4.69, 9.17) is 9.15 Å². The Bertz CT molecular complexity index is 1090. The van der Waals surface area contributed by atoms with E-state index in [0.29, 0.717) is 22.0 Å². The Balaban J connectivity index is 2.01. The summed E-state index contributed by atoms with van der Waals surface area (Å²) in [7, 11) is 0. The summed E-state index contributed by atoms with van der Waals surface area (Å²) in [4.78, 5) is 27.6. The number of benzene rings is 1. The van der Waals surface area contributed by atoms with Gasteiger partial charge in [0.25, 0.3) is 0 Å². The van der Waals surface area contributed by atoms with Crippen LogP contribution in [0.1, 0.15) is 32.5 Å². The molecule has 140 valence electrons. The Morgan fingerprint density at radius 3 is 2.29 bits per heavy atom. The number of thiophene rings is 2. The van der Waals surface area contributed by atoms with E-state index in [1.54, 1.807) is 13.0 Å². The summed E-state index contributed by atoms with van der Waals surface area (Å²) >= 11 is 2.78. The lowest BCUT2D eigenvalue weighted by Crippen LogP contribution is -2.11. The van der Waals surface area contributed by atoms with Gasteiger partial charge in [0, 0.05) is 5.56 Å². The van der Waals surface area contributed by atoms with Crippen molar-refractivity contribution in [2.45, 2.75) is 6.92 Å². The van der Waals surface area contributed by atoms with E-state index in [-0.39, 0.29) is 23.5 Å². The predicted molar refractivity (Wildman–Crippen MR) is 111 cm³/mol. The molecule has 0 saturated carbocycles. The number of ketones is 1. The lowest BCUT2D eigenvalue weighted by Gasteiger charge is -2.05. The molecule has 0 atom stereocenters. The van der Waals surface area contributed by atoms with Crippen LogP contribution in [0.15, 0.2) is 69.8 Å². The monoisotopic (exact) mass is 408 g/mol. The molecule has 0 bridgehead atoms. The van der Waals surface area contributed by atoms with Crippen LogP contribution in [0, 0.1) is 0 Å². The molecule has 0 spiro atoms. The van der Waals surface area contributed by atoms with E-state index in [0.717, 1.165) is 4.88 Å². The van der Waals surface area contributed by atoms with Gasteiger partial charge in [-0.15, -0.1) is 22.7 Å². The van der Waals surface area contributed by atoms with Crippen LogP contribution in [0.4, 0.5) is 0 Å². The fraction of sp³-hybridized carbons (Fsp3) is 0.0909. The Morgan fingerprint density at radius 1 is 0.893 bits per heavy atom. The van der Waals surface area contributed by atoms with Crippen LogP contribution in [0.25, 0.3) is 22.0 Å². The Kier molecular flexibility index (Phi) is 5.23. The highest BCUT2D eigenvalue weighted by Crippen LogP contribution is 2.40. The highest BCUT2D eigenvalue weighted by atomic mass is 32.1. The van der Waals surface area contributed by atoms with E-state index in [2.05, 4.69) is 0 Å². The second-order valence-electron chi connectivity index (χ2n) is 5.88. The summed E-state index contributed by atoms with van der Waals surface area (Å²) in [5.74, 6) is -0.0575. The zero-order valence-corrected chi connectivity index (χ0v) is 16.6. The first-order valence-electron chi connectivity index (χ1n) is 8.72. The van der Waals surface area contributed by atoms with Crippen LogP contribution < -0.4 is 0 Å². The molecule has 4 aromatic rings. The van der Waals surface area contributed by atoms with Crippen LogP contribution in [-0.4, -0.2) is 18.4 Å². The molecule has 4 rings (SSSR count). The molecule has 0 aliphatic carbocycles. The molecule has 3 aromatic heterocycles. The van der Waals surface area contributed by atoms with Gasteiger partial charge in [0.1, 0.15) is 11.3 Å². The highest BCUT2D eigenvalue weighted by Gasteiger charge is 2.33. The van der Waals surface area contributed by atoms with Crippen LogP contribution in [-0.2, 0) is 4.74 Å². The minimum atomic E-state index is -0.562. The molecule has 0 unspecified atom stereocenters. The van der Waals surface area contributed by atoms with Gasteiger partial charge in [-0.2, -0.15) is 0 Å². The number of esters is 1. The van der Waals surface area contributed by atoms with Gasteiger partial charge in [-0.3, -0.25) is 4.79 Å². The zero-order valence-electron chi connectivity index (χ0n) is 15.0. The molecule has 0 N–H and O–H groups in total. The number of hydrogen-bond acceptors (Lipinski definition) is 6. The number of furan rings is 1. The van der Waals surface area contributed by atoms with Crippen molar-refractivity contribution in [1.29, 1.82) is 0 Å². The largest absolute Gasteiger partial charge is 0.462 e. The number of ether oxygens (including phenoxy) is 1. The summed E-state index contributed by atoms with van der Waals surface area (Å²) in [5, 5.41) is 3.74. The molecule has 6 heteroatoms. The van der Waals surface area contributed by atoms with E-state index in [1.165, 1.54) is 22.7 Å². The van der Waals surface area contributed by atoms with Gasteiger partial charge < -0.3 is 9.15 Å². The van der Waals surface area contributed by atoms with Gasteiger partial charge in [0.05, 0.1) is 21.9 Å². The highest BCUT2D eigenvalue weighted by molar-refractivity contribution is 7.13. The van der Waals surface area contributed by atoms with Crippen molar-refractivity contribution < 1.29 is 18.7 Å². The molecule has 0 aliphatic heterocycles. The molecule has 1 aromatic carbocycles. The minimum absolute atomic E-state index is 0.176. The first-order valence-corrected chi connectivity index (χ1v) is 10.5. The Labute approximate surface area is 170 Å². The molecule has 4 nitrogen and oxygen atoms in total. The molecule has 0 aliphatic rings. The maximum absolute atomic E-state index is 13.3. The summed E-state index contributed by atoms with van der Waals surface area (Å²) in [6.07, 6.45) is 0. The van der Waals surface area contributed by atoms with Crippen molar-refractivity contribution in [2.75, 3.05) is 6.61 Å². The molecule has 3 heterocycles. The summed E-state index contributed by atoms with van der Waals surface area (Å²) < 4.78 is 11.4. The SMILES string of the molecule is CCOC(=O)c1c(-c2ccccc2)oc(-c2cccs2)c1C(=O)c1cccs1. The summed E-state index contributed by atoms with van der Waals surface area (Å²) in [6, 6.07) is 16.6. The molecule has 0 radical (unpaired) electrons. The van der Waals surface area contributed by atoms with Gasteiger partial charge in [-0.1, -0.05) is 42.5 Å². The number of carbonyl (C=O) groups is 2. The lowest BCUT2D eigenvalue weighted by atomic mass is 9.99. The fourth-order valence-electron chi connectivity index (χ4n) is 2.95. The zero-order chi connectivity index (χ0) is 19.5. The number of hydrogen-bond donors (Lipinski definition) is 0. The van der Waals surface area contributed by atoms with Crippen LogP contribution >= 0.6 is 22.7 Å². The average molecular weight is 409 g/mol. The van der Waals surface area contributed by atoms with Crippen LogP contribution in [0.2, 0.25) is 0 Å². The van der Waals surface area contributed by atoms with Crippen molar-refractivity contribution in [3.05, 3.63) is 81.4 Å². The topological polar surface area (TPSA) is 56.5 Å². The van der Waals surface area contributed by atoms with Crippen molar-refractivity contribution >= 4 is 34.4 Å². The Morgan fingerprint density at radius 2 is 1.64 bits per heavy atom. The fourth-order valence-corrected chi connectivity index (χ4v) is 4.33. The van der Waals surface area contributed by atoms with Crippen LogP contribution in [0.3, 0.4) is 0 Å². The summed E-state index contributed by atoms with van der Waals surface area (Å²) in [6.45, 7) is 1.94. The summed E-state index contributed by atoms with van der Waals surface area (Å²) in [5.41, 5.74) is 1.14. The van der Waals surface area contributed by atoms with E-state index in [9.17, 15) is 9.59 Å². The van der Waals surface area contributed by atoms with Crippen molar-refractivity contribution in [3.63, 3.8) is 0 Å². The molecular formula is C22H16O4S2. The number of carbonyl (C=O) groups excluding carboxylic acids is 2. The third kappa shape index (κ3) is 3.32. The first-order chi connectivity index (χ1) is 13.7. The average Bonchev–Trinajstić information content (AvgIpc) is 3.48. The van der Waals surface area contributed by atoms with E-state index >= 15 is 0 Å². The quantitative estimate of drug-likeness (QED) is 0.284.